The minimum absolute atomic E-state index is 0.146. The van der Waals surface area contributed by atoms with Gasteiger partial charge in [-0.15, -0.1) is 0 Å². The van der Waals surface area contributed by atoms with Crippen molar-refractivity contribution < 1.29 is 9.59 Å². The standard InChI is InChI=1S/C25H38N4O2/c1-18(2)15-28(16-20-6-4-19(3)5-7-20)22-14-23(25(31)27-12-10-26-11-13-27)29(17-22)24(30)21-8-9-21/h4-7,18,21-23,26H,8-17H2,1-3H3. The zero-order valence-corrected chi connectivity index (χ0v) is 19.3. The minimum Gasteiger partial charge on any atom is -0.338 e. The summed E-state index contributed by atoms with van der Waals surface area (Å²) in [7, 11) is 0. The van der Waals surface area contributed by atoms with Gasteiger partial charge in [-0.25, -0.2) is 0 Å². The van der Waals surface area contributed by atoms with Crippen LogP contribution in [0.1, 0.15) is 44.2 Å². The average Bonchev–Trinajstić information content (AvgIpc) is 3.52. The predicted molar refractivity (Wildman–Crippen MR) is 123 cm³/mol. The van der Waals surface area contributed by atoms with Crippen LogP contribution >= 0.6 is 0 Å². The number of hydrogen-bond acceptors (Lipinski definition) is 4. The third-order valence-corrected chi connectivity index (χ3v) is 6.82. The van der Waals surface area contributed by atoms with E-state index in [1.54, 1.807) is 0 Å². The second-order valence-electron chi connectivity index (χ2n) is 10.1. The maximum absolute atomic E-state index is 13.4. The molecule has 1 saturated carbocycles. The Bertz CT molecular complexity index is 768. The van der Waals surface area contributed by atoms with Crippen LogP contribution in [0.4, 0.5) is 0 Å². The molecule has 0 aromatic heterocycles. The van der Waals surface area contributed by atoms with E-state index in [1.807, 2.05) is 9.80 Å². The van der Waals surface area contributed by atoms with Gasteiger partial charge in [-0.2, -0.15) is 0 Å². The van der Waals surface area contributed by atoms with E-state index >= 15 is 0 Å². The Hall–Kier alpha value is -1.92. The second kappa shape index (κ2) is 9.70. The van der Waals surface area contributed by atoms with Crippen molar-refractivity contribution in [2.24, 2.45) is 11.8 Å². The molecule has 1 aromatic rings. The van der Waals surface area contributed by atoms with Crippen LogP contribution in [0.2, 0.25) is 0 Å². The fourth-order valence-electron chi connectivity index (χ4n) is 4.96. The molecular formula is C25H38N4O2. The highest BCUT2D eigenvalue weighted by molar-refractivity contribution is 5.90. The summed E-state index contributed by atoms with van der Waals surface area (Å²) in [6.07, 6.45) is 2.71. The average molecular weight is 427 g/mol. The van der Waals surface area contributed by atoms with Crippen LogP contribution < -0.4 is 5.32 Å². The molecule has 2 amide bonds. The number of carbonyl (C=O) groups excluding carboxylic acids is 2. The third-order valence-electron chi connectivity index (χ3n) is 6.82. The molecule has 1 N–H and O–H groups in total. The van der Waals surface area contributed by atoms with Crippen molar-refractivity contribution in [3.8, 4) is 0 Å². The Balaban J connectivity index is 1.52. The number of benzene rings is 1. The first-order chi connectivity index (χ1) is 14.9. The molecule has 0 bridgehead atoms. The number of rotatable bonds is 7. The molecule has 2 atom stereocenters. The van der Waals surface area contributed by atoms with Gasteiger partial charge >= 0.3 is 0 Å². The quantitative estimate of drug-likeness (QED) is 0.727. The molecule has 0 spiro atoms. The van der Waals surface area contributed by atoms with Gasteiger partial charge in [-0.3, -0.25) is 14.5 Å². The highest BCUT2D eigenvalue weighted by Gasteiger charge is 2.46. The predicted octanol–water partition coefficient (Wildman–Crippen LogP) is 2.26. The lowest BCUT2D eigenvalue weighted by Crippen LogP contribution is -2.53. The van der Waals surface area contributed by atoms with Crippen molar-refractivity contribution in [1.29, 1.82) is 0 Å². The highest BCUT2D eigenvalue weighted by atomic mass is 16.2. The van der Waals surface area contributed by atoms with Crippen LogP contribution in [0.15, 0.2) is 24.3 Å². The molecule has 2 unspecified atom stereocenters. The summed E-state index contributed by atoms with van der Waals surface area (Å²) >= 11 is 0. The van der Waals surface area contributed by atoms with E-state index in [0.29, 0.717) is 12.5 Å². The van der Waals surface area contributed by atoms with E-state index in [-0.39, 0.29) is 29.8 Å². The summed E-state index contributed by atoms with van der Waals surface area (Å²) in [6.45, 7) is 12.3. The molecule has 6 nitrogen and oxygen atoms in total. The Morgan fingerprint density at radius 1 is 1.10 bits per heavy atom. The minimum atomic E-state index is -0.302. The Morgan fingerprint density at radius 2 is 1.77 bits per heavy atom. The molecule has 4 rings (SSSR count). The van der Waals surface area contributed by atoms with Crippen molar-refractivity contribution in [3.05, 3.63) is 35.4 Å². The molecule has 2 heterocycles. The Labute approximate surface area is 187 Å². The van der Waals surface area contributed by atoms with Gasteiger partial charge in [0.05, 0.1) is 0 Å². The molecule has 1 aromatic carbocycles. The van der Waals surface area contributed by atoms with E-state index in [2.05, 4.69) is 55.3 Å². The fraction of sp³-hybridized carbons (Fsp3) is 0.680. The molecule has 3 aliphatic rings. The molecule has 6 heteroatoms. The van der Waals surface area contributed by atoms with Gasteiger partial charge in [0.2, 0.25) is 11.8 Å². The first kappa shape index (κ1) is 22.3. The van der Waals surface area contributed by atoms with E-state index < -0.39 is 0 Å². The molecule has 2 saturated heterocycles. The first-order valence-electron chi connectivity index (χ1n) is 12.0. The van der Waals surface area contributed by atoms with Crippen molar-refractivity contribution in [1.82, 2.24) is 20.0 Å². The van der Waals surface area contributed by atoms with Crippen molar-refractivity contribution >= 4 is 11.8 Å². The van der Waals surface area contributed by atoms with Crippen molar-refractivity contribution in [3.63, 3.8) is 0 Å². The normalized spacial score (nSPS) is 24.3. The number of nitrogens with zero attached hydrogens (tertiary/aromatic N) is 3. The number of amides is 2. The number of likely N-dealkylation sites (tertiary alicyclic amines) is 1. The molecule has 2 aliphatic heterocycles. The van der Waals surface area contributed by atoms with Gasteiger partial charge in [0.1, 0.15) is 6.04 Å². The molecule has 170 valence electrons. The molecule has 1 aliphatic carbocycles. The molecule has 31 heavy (non-hydrogen) atoms. The van der Waals surface area contributed by atoms with Gasteiger partial charge in [-0.05, 0) is 37.7 Å². The lowest BCUT2D eigenvalue weighted by atomic mass is 10.1. The number of carbonyl (C=O) groups is 2. The molecule has 3 fully saturated rings. The van der Waals surface area contributed by atoms with Gasteiger partial charge in [0, 0.05) is 57.8 Å². The summed E-state index contributed by atoms with van der Waals surface area (Å²) in [5.74, 6) is 1.03. The van der Waals surface area contributed by atoms with Gasteiger partial charge in [-0.1, -0.05) is 43.7 Å². The van der Waals surface area contributed by atoms with Crippen LogP contribution in [0, 0.1) is 18.8 Å². The maximum atomic E-state index is 13.4. The monoisotopic (exact) mass is 426 g/mol. The summed E-state index contributed by atoms with van der Waals surface area (Å²) in [6, 6.07) is 8.66. The summed E-state index contributed by atoms with van der Waals surface area (Å²) < 4.78 is 0. The summed E-state index contributed by atoms with van der Waals surface area (Å²) in [5, 5.41) is 3.32. The van der Waals surface area contributed by atoms with E-state index in [4.69, 9.17) is 0 Å². The second-order valence-corrected chi connectivity index (χ2v) is 10.1. The largest absolute Gasteiger partial charge is 0.338 e. The zero-order valence-electron chi connectivity index (χ0n) is 19.3. The van der Waals surface area contributed by atoms with Crippen molar-refractivity contribution in [2.45, 2.75) is 58.7 Å². The van der Waals surface area contributed by atoms with E-state index in [0.717, 1.165) is 58.5 Å². The van der Waals surface area contributed by atoms with Crippen LogP contribution in [0.25, 0.3) is 0 Å². The number of aryl methyl sites for hydroxylation is 1. The smallest absolute Gasteiger partial charge is 0.245 e. The lowest BCUT2D eigenvalue weighted by Gasteiger charge is -2.32. The van der Waals surface area contributed by atoms with E-state index in [1.165, 1.54) is 11.1 Å². The summed E-state index contributed by atoms with van der Waals surface area (Å²) in [4.78, 5) is 33.0. The van der Waals surface area contributed by atoms with Gasteiger partial charge in [0.25, 0.3) is 0 Å². The highest BCUT2D eigenvalue weighted by Crippen LogP contribution is 2.35. The first-order valence-corrected chi connectivity index (χ1v) is 12.0. The topological polar surface area (TPSA) is 55.9 Å². The Morgan fingerprint density at radius 3 is 2.39 bits per heavy atom. The van der Waals surface area contributed by atoms with Crippen LogP contribution in [-0.2, 0) is 16.1 Å². The summed E-state index contributed by atoms with van der Waals surface area (Å²) in [5.41, 5.74) is 2.56. The lowest BCUT2D eigenvalue weighted by molar-refractivity contribution is -0.144. The molecule has 0 radical (unpaired) electrons. The molecular weight excluding hydrogens is 388 g/mol. The van der Waals surface area contributed by atoms with Crippen LogP contribution in [0.3, 0.4) is 0 Å². The van der Waals surface area contributed by atoms with Crippen LogP contribution in [0.5, 0.6) is 0 Å². The fourth-order valence-corrected chi connectivity index (χ4v) is 4.96. The van der Waals surface area contributed by atoms with Crippen LogP contribution in [-0.4, -0.2) is 77.9 Å². The number of nitrogens with one attached hydrogen (secondary N) is 1. The maximum Gasteiger partial charge on any atom is 0.245 e. The Kier molecular flexibility index (Phi) is 6.97. The van der Waals surface area contributed by atoms with Gasteiger partial charge < -0.3 is 15.1 Å². The SMILES string of the molecule is Cc1ccc(CN(CC(C)C)C2CC(C(=O)N3CCNCC3)N(C(=O)C3CC3)C2)cc1. The zero-order chi connectivity index (χ0) is 22.0. The third kappa shape index (κ3) is 5.47. The number of hydrogen-bond donors (Lipinski definition) is 1. The van der Waals surface area contributed by atoms with Gasteiger partial charge in [0.15, 0.2) is 0 Å². The number of piperazine rings is 1. The van der Waals surface area contributed by atoms with Crippen molar-refractivity contribution in [2.75, 3.05) is 39.3 Å². The van der Waals surface area contributed by atoms with E-state index in [9.17, 15) is 9.59 Å².